The number of aryl methyl sites for hydroxylation is 1. The van der Waals surface area contributed by atoms with Crippen molar-refractivity contribution in [2.24, 2.45) is 0 Å². The van der Waals surface area contributed by atoms with Crippen molar-refractivity contribution in [3.8, 4) is 10.7 Å². The van der Waals surface area contributed by atoms with Gasteiger partial charge >= 0.3 is 0 Å². The van der Waals surface area contributed by atoms with Gasteiger partial charge in [-0.2, -0.15) is 0 Å². The predicted molar refractivity (Wildman–Crippen MR) is 133 cm³/mol. The number of nitrogens with zero attached hydrogens (tertiary/aromatic N) is 5. The number of fused-ring (bicyclic) bond motifs is 1. The molecular formula is C23H27F2N7O2S2. The lowest BCUT2D eigenvalue weighted by Gasteiger charge is -2.40. The average Bonchev–Trinajstić information content (AvgIpc) is 3.65. The van der Waals surface area contributed by atoms with Crippen LogP contribution in [0.5, 0.6) is 0 Å². The van der Waals surface area contributed by atoms with Gasteiger partial charge in [0.05, 0.1) is 16.1 Å². The Bertz CT molecular complexity index is 1470. The largest absolute Gasteiger partial charge is 0.366 e. The molecule has 3 fully saturated rings. The first-order chi connectivity index (χ1) is 17.0. The summed E-state index contributed by atoms with van der Waals surface area (Å²) < 4.78 is 56.3. The van der Waals surface area contributed by atoms with Gasteiger partial charge < -0.3 is 10.2 Å². The number of halogens is 2. The highest BCUT2D eigenvalue weighted by Gasteiger charge is 2.48. The number of hydrogen-bond acceptors (Lipinski definition) is 9. The van der Waals surface area contributed by atoms with Gasteiger partial charge in [0.15, 0.2) is 10.0 Å². The van der Waals surface area contributed by atoms with E-state index in [1.807, 2.05) is 6.92 Å². The standard InChI is InChI=1S/C23H27F2N7O2S2/c1-12-10-32(11-23(28-12)6-7-23)16-9-14(36(33,34)31-22(3)4-5-22)8-15-17(16)26-13(2)27-18(15)20-29-30-21(35-20)19(24)25/h8-9,12,19,28,31H,4-7,10-11H2,1-3H3/t12-/m0/s1. The molecule has 0 amide bonds. The van der Waals surface area contributed by atoms with E-state index in [-0.39, 0.29) is 21.5 Å². The molecule has 6 rings (SSSR count). The Hall–Kier alpha value is -2.35. The number of anilines is 1. The minimum Gasteiger partial charge on any atom is -0.366 e. The van der Waals surface area contributed by atoms with Crippen molar-refractivity contribution in [1.29, 1.82) is 0 Å². The van der Waals surface area contributed by atoms with Gasteiger partial charge in [0.2, 0.25) is 10.0 Å². The van der Waals surface area contributed by atoms with Crippen LogP contribution in [-0.2, 0) is 10.0 Å². The molecule has 3 aliphatic rings. The van der Waals surface area contributed by atoms with Crippen molar-refractivity contribution in [3.05, 3.63) is 23.0 Å². The van der Waals surface area contributed by atoms with E-state index in [4.69, 9.17) is 4.98 Å². The number of sulfonamides is 1. The van der Waals surface area contributed by atoms with Gasteiger partial charge in [0.1, 0.15) is 11.5 Å². The van der Waals surface area contributed by atoms with Crippen molar-refractivity contribution >= 4 is 38.0 Å². The highest BCUT2D eigenvalue weighted by molar-refractivity contribution is 7.89. The summed E-state index contributed by atoms with van der Waals surface area (Å²) in [5, 5.41) is 11.5. The summed E-state index contributed by atoms with van der Waals surface area (Å²) in [6.07, 6.45) is 0.921. The van der Waals surface area contributed by atoms with E-state index in [2.05, 4.69) is 37.0 Å². The molecule has 3 heterocycles. The van der Waals surface area contributed by atoms with Crippen LogP contribution in [0, 0.1) is 6.92 Å². The fraction of sp³-hybridized carbons (Fsp3) is 0.565. The maximum atomic E-state index is 13.5. The topological polar surface area (TPSA) is 113 Å². The third-order valence-electron chi connectivity index (χ3n) is 7.12. The lowest BCUT2D eigenvalue weighted by Crippen LogP contribution is -2.57. The van der Waals surface area contributed by atoms with E-state index in [0.717, 1.165) is 43.6 Å². The first kappa shape index (κ1) is 24.0. The molecule has 9 nitrogen and oxygen atoms in total. The summed E-state index contributed by atoms with van der Waals surface area (Å²) in [5.41, 5.74) is 1.15. The number of rotatable bonds is 6. The number of hydrogen-bond donors (Lipinski definition) is 2. The van der Waals surface area contributed by atoms with E-state index in [1.165, 1.54) is 6.07 Å². The van der Waals surface area contributed by atoms with Crippen LogP contribution in [-0.4, -0.2) is 58.8 Å². The molecule has 1 aromatic carbocycles. The first-order valence-corrected chi connectivity index (χ1v) is 14.3. The molecule has 2 aromatic heterocycles. The zero-order valence-corrected chi connectivity index (χ0v) is 21.8. The second-order valence-electron chi connectivity index (χ2n) is 10.6. The highest BCUT2D eigenvalue weighted by Crippen LogP contribution is 2.43. The molecule has 2 saturated carbocycles. The molecule has 1 aliphatic heterocycles. The van der Waals surface area contributed by atoms with Gasteiger partial charge in [-0.05, 0) is 58.6 Å². The van der Waals surface area contributed by atoms with Crippen molar-refractivity contribution in [2.45, 2.75) is 74.9 Å². The van der Waals surface area contributed by atoms with Gasteiger partial charge in [0.25, 0.3) is 6.43 Å². The molecule has 36 heavy (non-hydrogen) atoms. The molecular weight excluding hydrogens is 508 g/mol. The Kier molecular flexibility index (Phi) is 5.38. The molecule has 2 aliphatic carbocycles. The van der Waals surface area contributed by atoms with Crippen LogP contribution in [0.25, 0.3) is 21.6 Å². The quantitative estimate of drug-likeness (QED) is 0.493. The van der Waals surface area contributed by atoms with Crippen LogP contribution in [0.3, 0.4) is 0 Å². The summed E-state index contributed by atoms with van der Waals surface area (Å²) in [7, 11) is -3.85. The van der Waals surface area contributed by atoms with Crippen molar-refractivity contribution in [1.82, 2.24) is 30.2 Å². The van der Waals surface area contributed by atoms with E-state index in [0.29, 0.717) is 34.7 Å². The van der Waals surface area contributed by atoms with Gasteiger partial charge in [-0.15, -0.1) is 10.2 Å². The van der Waals surface area contributed by atoms with Crippen LogP contribution in [0.2, 0.25) is 0 Å². The molecule has 13 heteroatoms. The number of piperazine rings is 1. The second kappa shape index (κ2) is 8.07. The van der Waals surface area contributed by atoms with Crippen molar-refractivity contribution in [2.75, 3.05) is 18.0 Å². The SMILES string of the molecule is Cc1nc(-c2nnc(C(F)F)s2)c2cc(S(=O)(=O)NC3(C)CC3)cc(N3C[C@H](C)NC4(CC4)C3)c2n1. The van der Waals surface area contributed by atoms with Crippen molar-refractivity contribution in [3.63, 3.8) is 0 Å². The Morgan fingerprint density at radius 3 is 2.58 bits per heavy atom. The van der Waals surface area contributed by atoms with Crippen LogP contribution < -0.4 is 14.9 Å². The maximum absolute atomic E-state index is 13.5. The normalized spacial score (nSPS) is 22.5. The van der Waals surface area contributed by atoms with Gasteiger partial charge in [0, 0.05) is 35.6 Å². The highest BCUT2D eigenvalue weighted by atomic mass is 32.2. The number of benzene rings is 1. The molecule has 0 bridgehead atoms. The predicted octanol–water partition coefficient (Wildman–Crippen LogP) is 3.56. The zero-order valence-electron chi connectivity index (χ0n) is 20.2. The summed E-state index contributed by atoms with van der Waals surface area (Å²) in [6, 6.07) is 3.42. The smallest absolute Gasteiger partial charge is 0.291 e. The Labute approximate surface area is 211 Å². The van der Waals surface area contributed by atoms with Crippen LogP contribution in [0.1, 0.15) is 56.8 Å². The molecule has 192 valence electrons. The van der Waals surface area contributed by atoms with Gasteiger partial charge in [-0.3, -0.25) is 0 Å². The van der Waals surface area contributed by atoms with E-state index in [1.54, 1.807) is 13.0 Å². The van der Waals surface area contributed by atoms with Gasteiger partial charge in [-0.1, -0.05) is 11.3 Å². The third-order valence-corrected chi connectivity index (χ3v) is 9.68. The summed E-state index contributed by atoms with van der Waals surface area (Å²) >= 11 is 0.751. The number of nitrogens with one attached hydrogen (secondary N) is 2. The molecule has 1 atom stereocenters. The Balaban J connectivity index is 1.56. The minimum absolute atomic E-state index is 0.0227. The molecule has 3 aromatic rings. The summed E-state index contributed by atoms with van der Waals surface area (Å²) in [4.78, 5) is 11.5. The molecule has 0 unspecified atom stereocenters. The summed E-state index contributed by atoms with van der Waals surface area (Å²) in [5.74, 6) is 0.441. The number of alkyl halides is 2. The molecule has 1 saturated heterocycles. The second-order valence-corrected chi connectivity index (χ2v) is 13.3. The Morgan fingerprint density at radius 2 is 1.94 bits per heavy atom. The lowest BCUT2D eigenvalue weighted by atomic mass is 10.1. The molecule has 1 spiro atoms. The lowest BCUT2D eigenvalue weighted by molar-refractivity contribution is 0.150. The molecule has 2 N–H and O–H groups in total. The van der Waals surface area contributed by atoms with Crippen LogP contribution in [0.15, 0.2) is 17.0 Å². The van der Waals surface area contributed by atoms with E-state index >= 15 is 0 Å². The zero-order chi connectivity index (χ0) is 25.5. The van der Waals surface area contributed by atoms with Crippen LogP contribution >= 0.6 is 11.3 Å². The van der Waals surface area contributed by atoms with Gasteiger partial charge in [-0.25, -0.2) is 31.9 Å². The van der Waals surface area contributed by atoms with E-state index < -0.39 is 27.0 Å². The Morgan fingerprint density at radius 1 is 1.19 bits per heavy atom. The van der Waals surface area contributed by atoms with Crippen LogP contribution in [0.4, 0.5) is 14.5 Å². The fourth-order valence-electron chi connectivity index (χ4n) is 4.96. The number of aromatic nitrogens is 4. The maximum Gasteiger partial charge on any atom is 0.291 e. The monoisotopic (exact) mass is 535 g/mol. The molecule has 0 radical (unpaired) electrons. The fourth-order valence-corrected chi connectivity index (χ4v) is 7.18. The first-order valence-electron chi connectivity index (χ1n) is 12.0. The average molecular weight is 536 g/mol. The minimum atomic E-state index is -3.85. The van der Waals surface area contributed by atoms with Crippen molar-refractivity contribution < 1.29 is 17.2 Å². The summed E-state index contributed by atoms with van der Waals surface area (Å²) in [6.45, 7) is 7.13. The third kappa shape index (κ3) is 4.35. The van der Waals surface area contributed by atoms with E-state index in [9.17, 15) is 17.2 Å².